The van der Waals surface area contributed by atoms with E-state index in [1.807, 2.05) is 37.3 Å². The molecule has 0 aliphatic carbocycles. The summed E-state index contributed by atoms with van der Waals surface area (Å²) in [7, 11) is 1.63. The quantitative estimate of drug-likeness (QED) is 0.788. The van der Waals surface area contributed by atoms with Crippen molar-refractivity contribution in [2.24, 2.45) is 0 Å². The van der Waals surface area contributed by atoms with Crippen molar-refractivity contribution in [3.8, 4) is 23.0 Å². The molecule has 0 radical (unpaired) electrons. The molecule has 0 saturated heterocycles. The number of nitrogens with zero attached hydrogens (tertiary/aromatic N) is 2. The Bertz CT molecular complexity index is 835. The van der Waals surface area contributed by atoms with E-state index in [0.717, 1.165) is 16.9 Å². The highest BCUT2D eigenvalue weighted by atomic mass is 16.5. The number of aromatic hydroxyl groups is 1. The molecule has 23 heavy (non-hydrogen) atoms. The Hall–Kier alpha value is -3.08. The molecule has 0 saturated carbocycles. The molecular weight excluding hydrogens is 292 g/mol. The lowest BCUT2D eigenvalue weighted by molar-refractivity contribution is 0.415. The van der Waals surface area contributed by atoms with Crippen LogP contribution in [0.5, 0.6) is 11.5 Å². The Morgan fingerprint density at radius 2 is 1.87 bits per heavy atom. The number of hydrogen-bond donors (Lipinski definition) is 1. The largest absolute Gasteiger partial charge is 0.507 e. The van der Waals surface area contributed by atoms with Gasteiger partial charge >= 0.3 is 0 Å². The van der Waals surface area contributed by atoms with Gasteiger partial charge in [-0.3, -0.25) is 0 Å². The van der Waals surface area contributed by atoms with Crippen LogP contribution < -0.4 is 4.74 Å². The van der Waals surface area contributed by atoms with Crippen LogP contribution >= 0.6 is 0 Å². The number of para-hydroxylation sites is 1. The van der Waals surface area contributed by atoms with E-state index in [4.69, 9.17) is 9.26 Å². The number of ether oxygens (including phenoxy) is 1. The normalized spacial score (nSPS) is 11.5. The smallest absolute Gasteiger partial charge is 0.261 e. The summed E-state index contributed by atoms with van der Waals surface area (Å²) in [6.45, 7) is 1.91. The fourth-order valence-electron chi connectivity index (χ4n) is 2.16. The molecule has 0 atom stereocenters. The van der Waals surface area contributed by atoms with E-state index in [9.17, 15) is 5.11 Å². The van der Waals surface area contributed by atoms with E-state index in [1.54, 1.807) is 31.4 Å². The van der Waals surface area contributed by atoms with Gasteiger partial charge in [0.1, 0.15) is 11.5 Å². The van der Waals surface area contributed by atoms with Crippen LogP contribution in [0.15, 0.2) is 53.1 Å². The van der Waals surface area contributed by atoms with Crippen LogP contribution in [0.4, 0.5) is 0 Å². The zero-order valence-electron chi connectivity index (χ0n) is 12.9. The Morgan fingerprint density at radius 3 is 2.57 bits per heavy atom. The lowest BCUT2D eigenvalue weighted by Crippen LogP contribution is -1.85. The summed E-state index contributed by atoms with van der Waals surface area (Å²) in [4.78, 5) is 4.34. The van der Waals surface area contributed by atoms with E-state index >= 15 is 0 Å². The maximum Gasteiger partial charge on any atom is 0.261 e. The highest BCUT2D eigenvalue weighted by molar-refractivity contribution is 5.77. The van der Waals surface area contributed by atoms with Crippen LogP contribution in [0, 0.1) is 0 Å². The molecule has 3 aromatic rings. The summed E-state index contributed by atoms with van der Waals surface area (Å²) in [6, 6.07) is 14.5. The molecule has 0 aliphatic rings. The van der Waals surface area contributed by atoms with E-state index in [0.29, 0.717) is 17.3 Å². The van der Waals surface area contributed by atoms with Crippen molar-refractivity contribution in [1.82, 2.24) is 10.1 Å². The highest BCUT2D eigenvalue weighted by Crippen LogP contribution is 2.28. The van der Waals surface area contributed by atoms with E-state index in [2.05, 4.69) is 10.1 Å². The Kier molecular flexibility index (Phi) is 4.10. The topological polar surface area (TPSA) is 68.4 Å². The van der Waals surface area contributed by atoms with Crippen molar-refractivity contribution in [2.45, 2.75) is 6.92 Å². The first-order valence-electron chi connectivity index (χ1n) is 7.12. The van der Waals surface area contributed by atoms with Gasteiger partial charge in [-0.1, -0.05) is 29.4 Å². The highest BCUT2D eigenvalue weighted by Gasteiger charge is 2.13. The number of benzene rings is 2. The van der Waals surface area contributed by atoms with Crippen molar-refractivity contribution in [2.75, 3.05) is 7.11 Å². The molecule has 0 spiro atoms. The average molecular weight is 308 g/mol. The van der Waals surface area contributed by atoms with Gasteiger partial charge in [-0.25, -0.2) is 0 Å². The third-order valence-corrected chi connectivity index (χ3v) is 3.41. The summed E-state index contributed by atoms with van der Waals surface area (Å²) < 4.78 is 10.4. The van der Waals surface area contributed by atoms with E-state index in [1.165, 1.54) is 0 Å². The molecule has 3 rings (SSSR count). The zero-order valence-corrected chi connectivity index (χ0v) is 12.9. The molecule has 0 aliphatic heterocycles. The van der Waals surface area contributed by atoms with Crippen LogP contribution in [-0.4, -0.2) is 22.4 Å². The fraction of sp³-hybridized carbons (Fsp3) is 0.111. The molecule has 5 heteroatoms. The summed E-state index contributed by atoms with van der Waals surface area (Å²) >= 11 is 0. The van der Waals surface area contributed by atoms with Gasteiger partial charge in [0, 0.05) is 0 Å². The molecular formula is C18H16N2O3. The number of phenols is 1. The van der Waals surface area contributed by atoms with Gasteiger partial charge in [0.05, 0.1) is 12.7 Å². The Morgan fingerprint density at radius 1 is 1.13 bits per heavy atom. The van der Waals surface area contributed by atoms with Crippen molar-refractivity contribution in [1.29, 1.82) is 0 Å². The molecule has 0 bridgehead atoms. The van der Waals surface area contributed by atoms with E-state index < -0.39 is 0 Å². The minimum atomic E-state index is 0.111. The molecule has 2 aromatic carbocycles. The molecule has 0 amide bonds. The van der Waals surface area contributed by atoms with Gasteiger partial charge in [0.2, 0.25) is 0 Å². The first-order valence-corrected chi connectivity index (χ1v) is 7.12. The summed E-state index contributed by atoms with van der Waals surface area (Å²) in [5, 5.41) is 13.8. The van der Waals surface area contributed by atoms with Gasteiger partial charge in [-0.2, -0.15) is 4.98 Å². The first-order chi connectivity index (χ1) is 11.2. The maximum atomic E-state index is 9.84. The van der Waals surface area contributed by atoms with Gasteiger partial charge in [-0.15, -0.1) is 0 Å². The predicted molar refractivity (Wildman–Crippen MR) is 87.9 cm³/mol. The second-order valence-electron chi connectivity index (χ2n) is 5.04. The summed E-state index contributed by atoms with van der Waals surface area (Å²) in [6.07, 6.45) is 1.96. The number of rotatable bonds is 4. The number of allylic oxidation sites excluding steroid dienone is 1. The van der Waals surface area contributed by atoms with Crippen molar-refractivity contribution < 1.29 is 14.4 Å². The van der Waals surface area contributed by atoms with E-state index in [-0.39, 0.29) is 5.75 Å². The van der Waals surface area contributed by atoms with Crippen LogP contribution in [0.2, 0.25) is 0 Å². The van der Waals surface area contributed by atoms with Gasteiger partial charge < -0.3 is 14.4 Å². The van der Waals surface area contributed by atoms with Crippen LogP contribution in [0.1, 0.15) is 18.3 Å². The van der Waals surface area contributed by atoms with Crippen molar-refractivity contribution >= 4 is 11.6 Å². The molecule has 116 valence electrons. The Balaban J connectivity index is 1.87. The molecule has 0 fully saturated rings. The maximum absolute atomic E-state index is 9.84. The number of phenolic OH excluding ortho intramolecular Hbond substituents is 1. The molecule has 5 nitrogen and oxygen atoms in total. The summed E-state index contributed by atoms with van der Waals surface area (Å²) in [5.74, 6) is 1.69. The van der Waals surface area contributed by atoms with Crippen LogP contribution in [-0.2, 0) is 0 Å². The average Bonchev–Trinajstić information content (AvgIpc) is 3.06. The summed E-state index contributed by atoms with van der Waals surface area (Å²) in [5.41, 5.74) is 2.39. The Labute approximate surface area is 133 Å². The third-order valence-electron chi connectivity index (χ3n) is 3.41. The molecule has 0 unspecified atom stereocenters. The second-order valence-corrected chi connectivity index (χ2v) is 5.04. The lowest BCUT2D eigenvalue weighted by Gasteiger charge is -2.00. The molecule has 1 heterocycles. The van der Waals surface area contributed by atoms with Gasteiger partial charge in [0.15, 0.2) is 5.82 Å². The van der Waals surface area contributed by atoms with Crippen LogP contribution in [0.3, 0.4) is 0 Å². The fourth-order valence-corrected chi connectivity index (χ4v) is 2.16. The monoisotopic (exact) mass is 308 g/mol. The predicted octanol–water partition coefficient (Wildman–Crippen LogP) is 4.01. The number of aromatic nitrogens is 2. The molecule has 1 N–H and O–H groups in total. The SMILES string of the molecule is COc1ccc(C=C(C)c2noc(-c3ccccc3O)n2)cc1. The minimum absolute atomic E-state index is 0.111. The third kappa shape index (κ3) is 3.23. The lowest BCUT2D eigenvalue weighted by atomic mass is 10.1. The van der Waals surface area contributed by atoms with Crippen LogP contribution in [0.25, 0.3) is 23.1 Å². The number of methoxy groups -OCH3 is 1. The molecule has 1 aromatic heterocycles. The van der Waals surface area contributed by atoms with Crippen molar-refractivity contribution in [3.63, 3.8) is 0 Å². The number of hydrogen-bond acceptors (Lipinski definition) is 5. The minimum Gasteiger partial charge on any atom is -0.507 e. The zero-order chi connectivity index (χ0) is 16.2. The second kappa shape index (κ2) is 6.36. The van der Waals surface area contributed by atoms with Crippen molar-refractivity contribution in [3.05, 3.63) is 59.9 Å². The first kappa shape index (κ1) is 14.8. The van der Waals surface area contributed by atoms with Gasteiger partial charge in [-0.05, 0) is 48.4 Å². The standard InChI is InChI=1S/C18H16N2O3/c1-12(11-13-7-9-14(22-2)10-8-13)17-19-18(23-20-17)15-5-3-4-6-16(15)21/h3-11,21H,1-2H3. The van der Waals surface area contributed by atoms with Gasteiger partial charge in [0.25, 0.3) is 5.89 Å².